The minimum Gasteiger partial charge on any atom is -0.355 e. The zero-order valence-electron chi connectivity index (χ0n) is 12.8. The Bertz CT molecular complexity index is 934. The van der Waals surface area contributed by atoms with Gasteiger partial charge in [-0.05, 0) is 48.5 Å². The summed E-state index contributed by atoms with van der Waals surface area (Å²) in [5, 5.41) is 6.59. The molecule has 25 heavy (non-hydrogen) atoms. The van der Waals surface area contributed by atoms with Crippen LogP contribution in [0.25, 0.3) is 0 Å². The Hall–Kier alpha value is -2.63. The van der Waals surface area contributed by atoms with E-state index in [0.29, 0.717) is 21.4 Å². The SMILES string of the molecule is O=C(Nc1cccc(F)c1)c1cc(Nc2ccc(Cl)c(Cl)c2)ccn1. The summed E-state index contributed by atoms with van der Waals surface area (Å²) in [7, 11) is 0. The smallest absolute Gasteiger partial charge is 0.274 e. The predicted molar refractivity (Wildman–Crippen MR) is 98.3 cm³/mol. The van der Waals surface area contributed by atoms with Gasteiger partial charge in [0.2, 0.25) is 0 Å². The molecule has 0 unspecified atom stereocenters. The summed E-state index contributed by atoms with van der Waals surface area (Å²) in [4.78, 5) is 16.3. The first-order chi connectivity index (χ1) is 12.0. The van der Waals surface area contributed by atoms with Crippen LogP contribution in [0.1, 0.15) is 10.5 Å². The fraction of sp³-hybridized carbons (Fsp3) is 0. The molecule has 1 amide bonds. The van der Waals surface area contributed by atoms with Crippen molar-refractivity contribution >= 4 is 46.2 Å². The molecule has 4 nitrogen and oxygen atoms in total. The molecule has 1 aromatic heterocycles. The van der Waals surface area contributed by atoms with E-state index in [1.165, 1.54) is 24.4 Å². The van der Waals surface area contributed by atoms with Gasteiger partial charge in [0, 0.05) is 23.3 Å². The Morgan fingerprint density at radius 1 is 0.920 bits per heavy atom. The highest BCUT2D eigenvalue weighted by molar-refractivity contribution is 6.42. The molecule has 0 fully saturated rings. The van der Waals surface area contributed by atoms with Crippen molar-refractivity contribution < 1.29 is 9.18 Å². The Balaban J connectivity index is 1.76. The quantitative estimate of drug-likeness (QED) is 0.630. The molecule has 2 aromatic carbocycles. The molecule has 1 heterocycles. The van der Waals surface area contributed by atoms with Crippen LogP contribution in [0, 0.1) is 5.82 Å². The average molecular weight is 376 g/mol. The number of amides is 1. The number of aromatic nitrogens is 1. The van der Waals surface area contributed by atoms with Gasteiger partial charge in [0.05, 0.1) is 10.0 Å². The molecular formula is C18H12Cl2FN3O. The number of nitrogens with zero attached hydrogens (tertiary/aromatic N) is 1. The van der Waals surface area contributed by atoms with Crippen LogP contribution in [0.4, 0.5) is 21.5 Å². The molecule has 126 valence electrons. The molecule has 0 saturated heterocycles. The van der Waals surface area contributed by atoms with E-state index in [9.17, 15) is 9.18 Å². The average Bonchev–Trinajstić information content (AvgIpc) is 2.58. The van der Waals surface area contributed by atoms with Crippen LogP contribution < -0.4 is 10.6 Å². The lowest BCUT2D eigenvalue weighted by molar-refractivity contribution is 0.102. The van der Waals surface area contributed by atoms with Crippen LogP contribution >= 0.6 is 23.2 Å². The van der Waals surface area contributed by atoms with Gasteiger partial charge in [-0.15, -0.1) is 0 Å². The first-order valence-electron chi connectivity index (χ1n) is 7.26. The number of pyridine rings is 1. The molecule has 3 aromatic rings. The van der Waals surface area contributed by atoms with Crippen molar-refractivity contribution in [3.63, 3.8) is 0 Å². The Morgan fingerprint density at radius 3 is 2.48 bits per heavy atom. The summed E-state index contributed by atoms with van der Waals surface area (Å²) >= 11 is 11.9. The van der Waals surface area contributed by atoms with E-state index < -0.39 is 11.7 Å². The van der Waals surface area contributed by atoms with Gasteiger partial charge in [-0.25, -0.2) is 4.39 Å². The van der Waals surface area contributed by atoms with Crippen LogP contribution in [0.15, 0.2) is 60.8 Å². The van der Waals surface area contributed by atoms with Crippen LogP contribution in [-0.4, -0.2) is 10.9 Å². The largest absolute Gasteiger partial charge is 0.355 e. The molecule has 3 rings (SSSR count). The summed E-state index contributed by atoms with van der Waals surface area (Å²) in [6.45, 7) is 0. The van der Waals surface area contributed by atoms with Gasteiger partial charge in [-0.2, -0.15) is 0 Å². The molecule has 0 aliphatic rings. The standard InChI is InChI=1S/C18H12Cl2FN3O/c19-15-5-4-13(9-16(15)20)23-14-6-7-22-17(10-14)18(25)24-12-3-1-2-11(21)8-12/h1-10H,(H,22,23)(H,24,25). The summed E-state index contributed by atoms with van der Waals surface area (Å²) in [5.74, 6) is -0.871. The molecular weight excluding hydrogens is 364 g/mol. The number of anilines is 3. The van der Waals surface area contributed by atoms with Gasteiger partial charge < -0.3 is 10.6 Å². The lowest BCUT2D eigenvalue weighted by Crippen LogP contribution is -2.13. The molecule has 7 heteroatoms. The second-order valence-electron chi connectivity index (χ2n) is 5.15. The summed E-state index contributed by atoms with van der Waals surface area (Å²) < 4.78 is 13.2. The molecule has 0 aliphatic carbocycles. The van der Waals surface area contributed by atoms with E-state index >= 15 is 0 Å². The number of carbonyl (C=O) groups is 1. The van der Waals surface area contributed by atoms with E-state index in [2.05, 4.69) is 15.6 Å². The molecule has 0 radical (unpaired) electrons. The molecule has 0 spiro atoms. The Labute approximate surface area is 153 Å². The number of hydrogen-bond donors (Lipinski definition) is 2. The second kappa shape index (κ2) is 7.51. The first kappa shape index (κ1) is 17.2. The van der Waals surface area contributed by atoms with Crippen molar-refractivity contribution in [3.05, 3.63) is 82.4 Å². The van der Waals surface area contributed by atoms with E-state index in [1.807, 2.05) is 0 Å². The Kier molecular flexibility index (Phi) is 5.16. The highest BCUT2D eigenvalue weighted by atomic mass is 35.5. The van der Waals surface area contributed by atoms with Gasteiger partial charge in [-0.1, -0.05) is 29.3 Å². The topological polar surface area (TPSA) is 54.0 Å². The van der Waals surface area contributed by atoms with Crippen molar-refractivity contribution in [2.45, 2.75) is 0 Å². The minimum absolute atomic E-state index is 0.189. The predicted octanol–water partition coefficient (Wildman–Crippen LogP) is 5.52. The van der Waals surface area contributed by atoms with Crippen LogP contribution in [0.5, 0.6) is 0 Å². The first-order valence-corrected chi connectivity index (χ1v) is 8.02. The van der Waals surface area contributed by atoms with Crippen LogP contribution in [0.3, 0.4) is 0 Å². The van der Waals surface area contributed by atoms with Gasteiger partial charge >= 0.3 is 0 Å². The maximum absolute atomic E-state index is 13.2. The zero-order chi connectivity index (χ0) is 17.8. The monoisotopic (exact) mass is 375 g/mol. The maximum atomic E-state index is 13.2. The van der Waals surface area contributed by atoms with E-state index in [-0.39, 0.29) is 5.69 Å². The summed E-state index contributed by atoms with van der Waals surface area (Å²) in [5.41, 5.74) is 1.92. The van der Waals surface area contributed by atoms with Crippen molar-refractivity contribution in [1.82, 2.24) is 4.98 Å². The highest BCUT2D eigenvalue weighted by Crippen LogP contribution is 2.27. The van der Waals surface area contributed by atoms with E-state index in [4.69, 9.17) is 23.2 Å². The molecule has 0 atom stereocenters. The van der Waals surface area contributed by atoms with Crippen molar-refractivity contribution in [2.75, 3.05) is 10.6 Å². The number of benzene rings is 2. The third-order valence-corrected chi connectivity index (χ3v) is 4.02. The number of halogens is 3. The minimum atomic E-state index is -0.441. The molecule has 0 saturated carbocycles. The Morgan fingerprint density at radius 2 is 1.72 bits per heavy atom. The number of rotatable bonds is 4. The maximum Gasteiger partial charge on any atom is 0.274 e. The lowest BCUT2D eigenvalue weighted by atomic mass is 10.2. The van der Waals surface area contributed by atoms with Gasteiger partial charge in [0.15, 0.2) is 0 Å². The van der Waals surface area contributed by atoms with Crippen molar-refractivity contribution in [1.29, 1.82) is 0 Å². The molecule has 2 N–H and O–H groups in total. The van der Waals surface area contributed by atoms with Gasteiger partial charge in [0.25, 0.3) is 5.91 Å². The zero-order valence-corrected chi connectivity index (χ0v) is 14.3. The fourth-order valence-electron chi connectivity index (χ4n) is 2.13. The summed E-state index contributed by atoms with van der Waals surface area (Å²) in [6.07, 6.45) is 1.50. The third-order valence-electron chi connectivity index (χ3n) is 3.28. The number of hydrogen-bond acceptors (Lipinski definition) is 3. The van der Waals surface area contributed by atoms with E-state index in [1.54, 1.807) is 36.4 Å². The lowest BCUT2D eigenvalue weighted by Gasteiger charge is -2.09. The summed E-state index contributed by atoms with van der Waals surface area (Å²) in [6, 6.07) is 14.0. The molecule has 0 bridgehead atoms. The van der Waals surface area contributed by atoms with Crippen molar-refractivity contribution in [3.8, 4) is 0 Å². The van der Waals surface area contributed by atoms with Crippen LogP contribution in [0.2, 0.25) is 10.0 Å². The third kappa shape index (κ3) is 4.47. The highest BCUT2D eigenvalue weighted by Gasteiger charge is 2.09. The van der Waals surface area contributed by atoms with Crippen molar-refractivity contribution in [2.24, 2.45) is 0 Å². The fourth-order valence-corrected chi connectivity index (χ4v) is 2.43. The van der Waals surface area contributed by atoms with E-state index in [0.717, 1.165) is 5.69 Å². The number of carbonyl (C=O) groups excluding carboxylic acids is 1. The van der Waals surface area contributed by atoms with Gasteiger partial charge in [0.1, 0.15) is 11.5 Å². The van der Waals surface area contributed by atoms with Gasteiger partial charge in [-0.3, -0.25) is 9.78 Å². The van der Waals surface area contributed by atoms with Crippen LogP contribution in [-0.2, 0) is 0 Å². The second-order valence-corrected chi connectivity index (χ2v) is 5.96. The molecule has 0 aliphatic heterocycles. The normalized spacial score (nSPS) is 10.4. The number of nitrogens with one attached hydrogen (secondary N) is 2.